The summed E-state index contributed by atoms with van der Waals surface area (Å²) in [7, 11) is 0. The standard InChI is InChI=1S/C7H13N3O2/c1-2-5(6(8)11)10-4-3-9-7(10)12/h5H,2-4H2,1H3,(H2,8,11)(H,9,12). The van der Waals surface area contributed by atoms with Gasteiger partial charge in [-0.25, -0.2) is 4.79 Å². The molecule has 1 aliphatic heterocycles. The lowest BCUT2D eigenvalue weighted by atomic mass is 10.2. The van der Waals surface area contributed by atoms with E-state index in [9.17, 15) is 9.59 Å². The number of hydrogen-bond acceptors (Lipinski definition) is 2. The molecule has 1 saturated heterocycles. The van der Waals surface area contributed by atoms with Gasteiger partial charge in [-0.3, -0.25) is 4.79 Å². The molecule has 3 amide bonds. The fourth-order valence-electron chi connectivity index (χ4n) is 1.36. The third kappa shape index (κ3) is 1.49. The lowest BCUT2D eigenvalue weighted by Gasteiger charge is -2.22. The van der Waals surface area contributed by atoms with Crippen molar-refractivity contribution in [1.82, 2.24) is 10.2 Å². The first-order chi connectivity index (χ1) is 5.66. The summed E-state index contributed by atoms with van der Waals surface area (Å²) in [6, 6.07) is -0.645. The highest BCUT2D eigenvalue weighted by Crippen LogP contribution is 2.06. The summed E-state index contributed by atoms with van der Waals surface area (Å²) in [4.78, 5) is 23.4. The molecule has 12 heavy (non-hydrogen) atoms. The third-order valence-corrected chi connectivity index (χ3v) is 1.98. The topological polar surface area (TPSA) is 75.4 Å². The van der Waals surface area contributed by atoms with E-state index in [2.05, 4.69) is 5.32 Å². The Morgan fingerprint density at radius 1 is 1.83 bits per heavy atom. The molecule has 1 aliphatic rings. The maximum Gasteiger partial charge on any atom is 0.318 e. The molecule has 0 aromatic carbocycles. The Morgan fingerprint density at radius 3 is 2.83 bits per heavy atom. The predicted molar refractivity (Wildman–Crippen MR) is 43.4 cm³/mol. The van der Waals surface area contributed by atoms with Crippen LogP contribution in [0.4, 0.5) is 4.79 Å². The van der Waals surface area contributed by atoms with Crippen molar-refractivity contribution in [2.45, 2.75) is 19.4 Å². The first-order valence-corrected chi connectivity index (χ1v) is 4.00. The number of nitrogens with zero attached hydrogens (tertiary/aromatic N) is 1. The zero-order chi connectivity index (χ0) is 9.14. The quantitative estimate of drug-likeness (QED) is 0.587. The van der Waals surface area contributed by atoms with E-state index >= 15 is 0 Å². The van der Waals surface area contributed by atoms with Crippen LogP contribution in [-0.2, 0) is 4.79 Å². The number of primary amides is 1. The predicted octanol–water partition coefficient (Wildman–Crippen LogP) is -0.724. The lowest BCUT2D eigenvalue weighted by Crippen LogP contribution is -2.45. The molecule has 5 heteroatoms. The van der Waals surface area contributed by atoms with Crippen LogP contribution in [-0.4, -0.2) is 36.0 Å². The largest absolute Gasteiger partial charge is 0.368 e. The highest BCUT2D eigenvalue weighted by atomic mass is 16.2. The van der Waals surface area contributed by atoms with Gasteiger partial charge in [-0.15, -0.1) is 0 Å². The molecule has 0 aromatic rings. The van der Waals surface area contributed by atoms with Crippen molar-refractivity contribution < 1.29 is 9.59 Å². The normalized spacial score (nSPS) is 19.1. The van der Waals surface area contributed by atoms with Crippen LogP contribution in [0, 0.1) is 0 Å². The Kier molecular flexibility index (Phi) is 2.52. The Balaban J connectivity index is 2.65. The molecule has 1 rings (SSSR count). The van der Waals surface area contributed by atoms with E-state index in [4.69, 9.17) is 5.73 Å². The molecule has 0 aliphatic carbocycles. The third-order valence-electron chi connectivity index (χ3n) is 1.98. The molecule has 68 valence electrons. The van der Waals surface area contributed by atoms with E-state index in [0.717, 1.165) is 0 Å². The zero-order valence-electron chi connectivity index (χ0n) is 7.04. The second-order valence-electron chi connectivity index (χ2n) is 2.75. The van der Waals surface area contributed by atoms with E-state index < -0.39 is 11.9 Å². The number of rotatable bonds is 3. The number of amides is 3. The minimum Gasteiger partial charge on any atom is -0.368 e. The van der Waals surface area contributed by atoms with Gasteiger partial charge in [-0.1, -0.05) is 6.92 Å². The molecule has 1 atom stereocenters. The molecule has 0 radical (unpaired) electrons. The number of nitrogens with two attached hydrogens (primary N) is 1. The molecule has 0 bridgehead atoms. The van der Waals surface area contributed by atoms with Crippen LogP contribution in [0.15, 0.2) is 0 Å². The van der Waals surface area contributed by atoms with Crippen molar-refractivity contribution in [3.8, 4) is 0 Å². The first-order valence-electron chi connectivity index (χ1n) is 4.00. The maximum absolute atomic E-state index is 11.1. The average molecular weight is 171 g/mol. The number of hydrogen-bond donors (Lipinski definition) is 2. The fourth-order valence-corrected chi connectivity index (χ4v) is 1.36. The molecular weight excluding hydrogens is 158 g/mol. The Labute approximate surface area is 70.9 Å². The summed E-state index contributed by atoms with van der Waals surface area (Å²) >= 11 is 0. The van der Waals surface area contributed by atoms with Crippen molar-refractivity contribution in [2.75, 3.05) is 13.1 Å². The Bertz CT molecular complexity index is 205. The highest BCUT2D eigenvalue weighted by Gasteiger charge is 2.29. The summed E-state index contributed by atoms with van der Waals surface area (Å²) < 4.78 is 0. The summed E-state index contributed by atoms with van der Waals surface area (Å²) in [6.45, 7) is 3.00. The average Bonchev–Trinajstić information content (AvgIpc) is 2.38. The second kappa shape index (κ2) is 3.42. The van der Waals surface area contributed by atoms with Crippen LogP contribution in [0.2, 0.25) is 0 Å². The molecule has 5 nitrogen and oxygen atoms in total. The van der Waals surface area contributed by atoms with Gasteiger partial charge in [0.05, 0.1) is 0 Å². The van der Waals surface area contributed by atoms with Gasteiger partial charge in [-0.05, 0) is 6.42 Å². The van der Waals surface area contributed by atoms with Crippen molar-refractivity contribution in [3.05, 3.63) is 0 Å². The Morgan fingerprint density at radius 2 is 2.50 bits per heavy atom. The van der Waals surface area contributed by atoms with Crippen LogP contribution >= 0.6 is 0 Å². The van der Waals surface area contributed by atoms with Gasteiger partial charge in [0.15, 0.2) is 0 Å². The lowest BCUT2D eigenvalue weighted by molar-refractivity contribution is -0.122. The molecule has 1 heterocycles. The van der Waals surface area contributed by atoms with E-state index in [1.54, 1.807) is 0 Å². The minimum absolute atomic E-state index is 0.194. The first kappa shape index (κ1) is 8.83. The monoisotopic (exact) mass is 171 g/mol. The zero-order valence-corrected chi connectivity index (χ0v) is 7.04. The van der Waals surface area contributed by atoms with Gasteiger partial charge in [0.1, 0.15) is 6.04 Å². The van der Waals surface area contributed by atoms with Crippen LogP contribution in [0.5, 0.6) is 0 Å². The van der Waals surface area contributed by atoms with Gasteiger partial charge in [0, 0.05) is 13.1 Å². The number of nitrogens with one attached hydrogen (secondary N) is 1. The Hall–Kier alpha value is -1.26. The molecule has 3 N–H and O–H groups in total. The summed E-state index contributed by atoms with van der Waals surface area (Å²) in [5, 5.41) is 2.62. The van der Waals surface area contributed by atoms with Crippen LogP contribution in [0.25, 0.3) is 0 Å². The fraction of sp³-hybridized carbons (Fsp3) is 0.714. The molecule has 0 saturated carbocycles. The molecular formula is C7H13N3O2. The molecule has 1 fully saturated rings. The van der Waals surface area contributed by atoms with Crippen LogP contribution in [0.1, 0.15) is 13.3 Å². The van der Waals surface area contributed by atoms with Gasteiger partial charge in [0.2, 0.25) is 5.91 Å². The van der Waals surface area contributed by atoms with Gasteiger partial charge in [0.25, 0.3) is 0 Å². The van der Waals surface area contributed by atoms with Crippen molar-refractivity contribution in [3.63, 3.8) is 0 Å². The highest BCUT2D eigenvalue weighted by molar-refractivity contribution is 5.86. The van der Waals surface area contributed by atoms with Gasteiger partial charge >= 0.3 is 6.03 Å². The van der Waals surface area contributed by atoms with Gasteiger partial charge < -0.3 is 16.0 Å². The SMILES string of the molecule is CCC(C(N)=O)N1CCNC1=O. The molecule has 0 aromatic heterocycles. The summed E-state index contributed by atoms with van der Waals surface area (Å²) in [5.41, 5.74) is 5.13. The van der Waals surface area contributed by atoms with Crippen LogP contribution in [0.3, 0.4) is 0 Å². The van der Waals surface area contributed by atoms with E-state index in [1.165, 1.54) is 4.90 Å². The molecule has 0 spiro atoms. The second-order valence-corrected chi connectivity index (χ2v) is 2.75. The molecule has 1 unspecified atom stereocenters. The smallest absolute Gasteiger partial charge is 0.318 e. The number of carbonyl (C=O) groups is 2. The minimum atomic E-state index is -0.451. The van der Waals surface area contributed by atoms with Crippen molar-refractivity contribution >= 4 is 11.9 Å². The van der Waals surface area contributed by atoms with E-state index in [0.29, 0.717) is 19.5 Å². The van der Waals surface area contributed by atoms with Crippen molar-refractivity contribution in [2.24, 2.45) is 5.73 Å². The summed E-state index contributed by atoms with van der Waals surface area (Å²) in [5.74, 6) is -0.436. The summed E-state index contributed by atoms with van der Waals surface area (Å²) in [6.07, 6.45) is 0.572. The maximum atomic E-state index is 11.1. The van der Waals surface area contributed by atoms with Crippen LogP contribution < -0.4 is 11.1 Å². The van der Waals surface area contributed by atoms with E-state index in [-0.39, 0.29) is 6.03 Å². The number of carbonyl (C=O) groups excluding carboxylic acids is 2. The van der Waals surface area contributed by atoms with Crippen molar-refractivity contribution in [1.29, 1.82) is 0 Å². The number of urea groups is 1. The van der Waals surface area contributed by atoms with Gasteiger partial charge in [-0.2, -0.15) is 0 Å². The van der Waals surface area contributed by atoms with E-state index in [1.807, 2.05) is 6.92 Å².